The van der Waals surface area contributed by atoms with Gasteiger partial charge in [0, 0.05) is 23.5 Å². The van der Waals surface area contributed by atoms with Crippen molar-refractivity contribution in [2.45, 2.75) is 45.8 Å². The fourth-order valence-electron chi connectivity index (χ4n) is 4.02. The summed E-state index contributed by atoms with van der Waals surface area (Å²) in [6, 6.07) is 22.0. The Labute approximate surface area is 201 Å². The Balaban J connectivity index is 1.42. The fourth-order valence-corrected chi connectivity index (χ4v) is 4.02. The zero-order valence-electron chi connectivity index (χ0n) is 20.0. The summed E-state index contributed by atoms with van der Waals surface area (Å²) in [6.07, 6.45) is 6.01. The molecule has 0 radical (unpaired) electrons. The molecular weight excluding hydrogens is 426 g/mol. The lowest BCUT2D eigenvalue weighted by molar-refractivity contribution is 0.289. The number of methoxy groups -OCH3 is 1. The molecule has 4 rings (SSSR count). The van der Waals surface area contributed by atoms with Crippen LogP contribution in [0.5, 0.6) is 23.1 Å². The Morgan fingerprint density at radius 2 is 1.62 bits per heavy atom. The highest BCUT2D eigenvalue weighted by molar-refractivity contribution is 5.94. The molecule has 178 valence electrons. The Bertz CT molecular complexity index is 1180. The molecule has 4 aromatic rings. The number of benzene rings is 3. The van der Waals surface area contributed by atoms with Crippen molar-refractivity contribution < 1.29 is 19.3 Å². The van der Waals surface area contributed by atoms with E-state index in [2.05, 4.69) is 31.2 Å². The molecule has 0 saturated heterocycles. The van der Waals surface area contributed by atoms with Gasteiger partial charge in [0.25, 0.3) is 0 Å². The first-order valence-electron chi connectivity index (χ1n) is 12.0. The minimum Gasteiger partial charge on any atom is -0.494 e. The SMILES string of the molecule is CCCCCOc1c(OC)ccc2c(O)n(CCc3ccc(OCc4ccccc4)cc3)cc12. The summed E-state index contributed by atoms with van der Waals surface area (Å²) in [7, 11) is 1.64. The average molecular weight is 460 g/mol. The topological polar surface area (TPSA) is 52.8 Å². The van der Waals surface area contributed by atoms with Gasteiger partial charge in [-0.05, 0) is 48.2 Å². The van der Waals surface area contributed by atoms with E-state index in [1.807, 2.05) is 53.2 Å². The molecule has 0 aliphatic carbocycles. The number of aromatic hydroxyl groups is 1. The van der Waals surface area contributed by atoms with Crippen LogP contribution in [0.2, 0.25) is 0 Å². The third-order valence-corrected chi connectivity index (χ3v) is 5.99. The van der Waals surface area contributed by atoms with Gasteiger partial charge < -0.3 is 23.9 Å². The smallest absolute Gasteiger partial charge is 0.199 e. The second-order valence-corrected chi connectivity index (χ2v) is 8.43. The van der Waals surface area contributed by atoms with E-state index in [-0.39, 0.29) is 5.88 Å². The van der Waals surface area contributed by atoms with Crippen LogP contribution in [0.15, 0.2) is 72.9 Å². The molecule has 0 unspecified atom stereocenters. The van der Waals surface area contributed by atoms with Gasteiger partial charge in [0.15, 0.2) is 17.4 Å². The van der Waals surface area contributed by atoms with Crippen LogP contribution in [0.1, 0.15) is 37.3 Å². The molecule has 0 aliphatic heterocycles. The van der Waals surface area contributed by atoms with E-state index in [4.69, 9.17) is 14.2 Å². The number of unbranched alkanes of at least 4 members (excludes halogenated alkanes) is 2. The number of rotatable bonds is 12. The van der Waals surface area contributed by atoms with Gasteiger partial charge in [-0.25, -0.2) is 0 Å². The van der Waals surface area contributed by atoms with Gasteiger partial charge in [0.1, 0.15) is 12.4 Å². The number of aryl methyl sites for hydroxylation is 2. The molecule has 0 amide bonds. The van der Waals surface area contributed by atoms with E-state index < -0.39 is 0 Å². The zero-order valence-corrected chi connectivity index (χ0v) is 20.0. The Kier molecular flexibility index (Phi) is 7.97. The second-order valence-electron chi connectivity index (χ2n) is 8.43. The van der Waals surface area contributed by atoms with Crippen LogP contribution in [0.4, 0.5) is 0 Å². The first kappa shape index (κ1) is 23.6. The van der Waals surface area contributed by atoms with Gasteiger partial charge in [-0.1, -0.05) is 62.2 Å². The highest BCUT2D eigenvalue weighted by Crippen LogP contribution is 2.40. The number of hydrogen-bond acceptors (Lipinski definition) is 4. The summed E-state index contributed by atoms with van der Waals surface area (Å²) >= 11 is 0. The predicted octanol–water partition coefficient (Wildman–Crippen LogP) is 6.75. The molecule has 5 nitrogen and oxygen atoms in total. The van der Waals surface area contributed by atoms with E-state index in [0.29, 0.717) is 31.3 Å². The lowest BCUT2D eigenvalue weighted by Gasteiger charge is -2.11. The summed E-state index contributed by atoms with van der Waals surface area (Å²) in [5.74, 6) is 2.48. The highest BCUT2D eigenvalue weighted by atomic mass is 16.5. The first-order chi connectivity index (χ1) is 16.7. The molecular formula is C29H33NO4. The van der Waals surface area contributed by atoms with Crippen molar-refractivity contribution in [1.82, 2.24) is 4.57 Å². The van der Waals surface area contributed by atoms with E-state index >= 15 is 0 Å². The lowest BCUT2D eigenvalue weighted by Crippen LogP contribution is -2.00. The van der Waals surface area contributed by atoms with Crippen LogP contribution < -0.4 is 14.2 Å². The maximum Gasteiger partial charge on any atom is 0.199 e. The molecule has 0 atom stereocenters. The quantitative estimate of drug-likeness (QED) is 0.238. The van der Waals surface area contributed by atoms with E-state index in [0.717, 1.165) is 47.8 Å². The molecule has 1 N–H and O–H groups in total. The predicted molar refractivity (Wildman–Crippen MR) is 136 cm³/mol. The minimum absolute atomic E-state index is 0.249. The molecule has 3 aromatic carbocycles. The largest absolute Gasteiger partial charge is 0.494 e. The van der Waals surface area contributed by atoms with Crippen molar-refractivity contribution in [1.29, 1.82) is 0 Å². The maximum atomic E-state index is 10.8. The van der Waals surface area contributed by atoms with Crippen molar-refractivity contribution in [3.8, 4) is 23.1 Å². The van der Waals surface area contributed by atoms with Crippen molar-refractivity contribution in [3.05, 3.63) is 84.1 Å². The van der Waals surface area contributed by atoms with Gasteiger partial charge in [-0.15, -0.1) is 0 Å². The normalized spacial score (nSPS) is 11.0. The number of fused-ring (bicyclic) bond motifs is 1. The first-order valence-corrected chi connectivity index (χ1v) is 12.0. The summed E-state index contributed by atoms with van der Waals surface area (Å²) in [5, 5.41) is 12.5. The Hall–Kier alpha value is -3.60. The van der Waals surface area contributed by atoms with Gasteiger partial charge >= 0.3 is 0 Å². The highest BCUT2D eigenvalue weighted by Gasteiger charge is 2.16. The Morgan fingerprint density at radius 3 is 2.35 bits per heavy atom. The summed E-state index contributed by atoms with van der Waals surface area (Å²) in [4.78, 5) is 0. The van der Waals surface area contributed by atoms with Gasteiger partial charge in [-0.3, -0.25) is 0 Å². The Morgan fingerprint density at radius 1 is 0.824 bits per heavy atom. The standard InChI is InChI=1S/C29H33NO4/c1-3-4-8-19-33-28-26-20-30(29(31)25(26)15-16-27(28)32-2)18-17-22-11-13-24(14-12-22)34-21-23-9-6-5-7-10-23/h5-7,9-16,20,31H,3-4,8,17-19,21H2,1-2H3. The molecule has 34 heavy (non-hydrogen) atoms. The monoisotopic (exact) mass is 459 g/mol. The van der Waals surface area contributed by atoms with Crippen LogP contribution in [-0.4, -0.2) is 23.4 Å². The molecule has 1 aromatic heterocycles. The van der Waals surface area contributed by atoms with Crippen LogP contribution >= 0.6 is 0 Å². The van der Waals surface area contributed by atoms with Crippen molar-refractivity contribution in [3.63, 3.8) is 0 Å². The van der Waals surface area contributed by atoms with E-state index in [1.54, 1.807) is 7.11 Å². The summed E-state index contributed by atoms with van der Waals surface area (Å²) in [5.41, 5.74) is 2.32. The third-order valence-electron chi connectivity index (χ3n) is 5.99. The molecule has 0 saturated carbocycles. The van der Waals surface area contributed by atoms with Gasteiger partial charge in [0.05, 0.1) is 13.7 Å². The molecule has 0 aliphatic rings. The average Bonchev–Trinajstić information content (AvgIpc) is 3.21. The number of aromatic nitrogens is 1. The van der Waals surface area contributed by atoms with Gasteiger partial charge in [0.2, 0.25) is 0 Å². The molecule has 0 spiro atoms. The van der Waals surface area contributed by atoms with Crippen molar-refractivity contribution in [2.24, 2.45) is 0 Å². The lowest BCUT2D eigenvalue weighted by atomic mass is 10.1. The molecule has 1 heterocycles. The minimum atomic E-state index is 0.249. The molecule has 5 heteroatoms. The van der Waals surface area contributed by atoms with E-state index in [9.17, 15) is 5.11 Å². The van der Waals surface area contributed by atoms with Crippen LogP contribution in [0.3, 0.4) is 0 Å². The number of hydrogen-bond donors (Lipinski definition) is 1. The molecule has 0 fully saturated rings. The fraction of sp³-hybridized carbons (Fsp3) is 0.310. The summed E-state index contributed by atoms with van der Waals surface area (Å²) in [6.45, 7) is 4.01. The zero-order chi connectivity index (χ0) is 23.8. The van der Waals surface area contributed by atoms with Gasteiger partial charge in [-0.2, -0.15) is 0 Å². The van der Waals surface area contributed by atoms with E-state index in [1.165, 1.54) is 5.56 Å². The molecule has 0 bridgehead atoms. The van der Waals surface area contributed by atoms with Crippen molar-refractivity contribution >= 4 is 10.8 Å². The third kappa shape index (κ3) is 5.66. The van der Waals surface area contributed by atoms with Crippen LogP contribution in [0.25, 0.3) is 10.8 Å². The van der Waals surface area contributed by atoms with Crippen molar-refractivity contribution in [2.75, 3.05) is 13.7 Å². The summed E-state index contributed by atoms with van der Waals surface area (Å²) < 4.78 is 19.4. The van der Waals surface area contributed by atoms with Crippen LogP contribution in [0, 0.1) is 0 Å². The second kappa shape index (κ2) is 11.5. The van der Waals surface area contributed by atoms with Crippen LogP contribution in [-0.2, 0) is 19.6 Å². The maximum absolute atomic E-state index is 10.8. The number of nitrogens with zero attached hydrogens (tertiary/aromatic N) is 1. The number of ether oxygens (including phenoxy) is 3.